The van der Waals surface area contributed by atoms with Crippen molar-refractivity contribution in [3.05, 3.63) is 106 Å². The molecule has 0 fully saturated rings. The van der Waals surface area contributed by atoms with Crippen molar-refractivity contribution < 1.29 is 13.9 Å². The molecule has 0 saturated heterocycles. The molecule has 0 aliphatic rings. The lowest BCUT2D eigenvalue weighted by molar-refractivity contribution is -0.128. The zero-order valence-electron chi connectivity index (χ0n) is 15.8. The van der Waals surface area contributed by atoms with Crippen LogP contribution in [0.25, 0.3) is 28.2 Å². The van der Waals surface area contributed by atoms with Gasteiger partial charge in [0, 0.05) is 12.1 Å². The number of ether oxygens (including phenoxy) is 1. The molecule has 0 aliphatic carbocycles. The molecule has 4 heteroatoms. The molecule has 29 heavy (non-hydrogen) atoms. The van der Waals surface area contributed by atoms with Crippen LogP contribution in [0.15, 0.2) is 94.2 Å². The van der Waals surface area contributed by atoms with Gasteiger partial charge in [-0.3, -0.25) is 4.79 Å². The van der Waals surface area contributed by atoms with Crippen LogP contribution in [0.3, 0.4) is 0 Å². The molecule has 142 valence electrons. The fourth-order valence-electron chi connectivity index (χ4n) is 3.17. The van der Waals surface area contributed by atoms with Crippen molar-refractivity contribution in [2.45, 2.75) is 6.92 Å². The molecule has 0 spiro atoms. The van der Waals surface area contributed by atoms with Gasteiger partial charge in [-0.15, -0.1) is 0 Å². The lowest BCUT2D eigenvalue weighted by atomic mass is 10.0. The third-order valence-electron chi connectivity index (χ3n) is 4.53. The fourth-order valence-corrected chi connectivity index (χ4v) is 3.17. The summed E-state index contributed by atoms with van der Waals surface area (Å²) < 4.78 is 11.2. The predicted molar refractivity (Wildman–Crippen MR) is 114 cm³/mol. The Bertz CT molecular complexity index is 1250. The highest BCUT2D eigenvalue weighted by Gasteiger charge is 2.14. The quantitative estimate of drug-likeness (QED) is 0.270. The summed E-state index contributed by atoms with van der Waals surface area (Å²) in [5.74, 6) is 0.324. The summed E-state index contributed by atoms with van der Waals surface area (Å²) in [7, 11) is 0. The summed E-state index contributed by atoms with van der Waals surface area (Å²) in [6, 6.07) is 23.7. The highest BCUT2D eigenvalue weighted by molar-refractivity contribution is 5.90. The van der Waals surface area contributed by atoms with Gasteiger partial charge in [-0.25, -0.2) is 4.79 Å². The van der Waals surface area contributed by atoms with Crippen molar-refractivity contribution in [2.24, 2.45) is 0 Å². The summed E-state index contributed by atoms with van der Waals surface area (Å²) in [4.78, 5) is 25.1. The number of benzene rings is 3. The number of hydrogen-bond acceptors (Lipinski definition) is 4. The maximum absolute atomic E-state index is 13.0. The molecule has 0 atom stereocenters. The highest BCUT2D eigenvalue weighted by atomic mass is 16.5. The minimum Gasteiger partial charge on any atom is -0.460 e. The average Bonchev–Trinajstić information content (AvgIpc) is 2.73. The summed E-state index contributed by atoms with van der Waals surface area (Å²) in [6.45, 7) is 1.75. The van der Waals surface area contributed by atoms with Crippen molar-refractivity contribution in [1.82, 2.24) is 0 Å². The van der Waals surface area contributed by atoms with Crippen molar-refractivity contribution in [3.63, 3.8) is 0 Å². The molecule has 1 aromatic heterocycles. The maximum Gasteiger partial charge on any atom is 0.336 e. The maximum atomic E-state index is 13.0. The molecule has 4 nitrogen and oxygen atoms in total. The normalized spacial score (nSPS) is 11.1. The van der Waals surface area contributed by atoms with Crippen LogP contribution in [0, 0.1) is 6.92 Å². The first-order valence-electron chi connectivity index (χ1n) is 9.19. The van der Waals surface area contributed by atoms with Crippen LogP contribution in [-0.4, -0.2) is 5.97 Å². The van der Waals surface area contributed by atoms with Crippen molar-refractivity contribution in [3.8, 4) is 16.9 Å². The smallest absolute Gasteiger partial charge is 0.336 e. The number of carbonyl (C=O) groups excluding carboxylic acids is 1. The van der Waals surface area contributed by atoms with E-state index in [4.69, 9.17) is 9.15 Å². The van der Waals surface area contributed by atoms with Crippen LogP contribution in [0.1, 0.15) is 11.3 Å². The molecule has 1 heterocycles. The molecular weight excluding hydrogens is 364 g/mol. The Morgan fingerprint density at radius 1 is 0.931 bits per heavy atom. The second-order valence-electron chi connectivity index (χ2n) is 6.55. The van der Waals surface area contributed by atoms with E-state index in [1.165, 1.54) is 6.08 Å². The van der Waals surface area contributed by atoms with Gasteiger partial charge in [0.05, 0.1) is 10.9 Å². The van der Waals surface area contributed by atoms with E-state index < -0.39 is 5.97 Å². The van der Waals surface area contributed by atoms with Gasteiger partial charge in [0.2, 0.25) is 5.43 Å². The van der Waals surface area contributed by atoms with Gasteiger partial charge in [-0.1, -0.05) is 60.7 Å². The molecule has 0 radical (unpaired) electrons. The molecule has 4 rings (SSSR count). The van der Waals surface area contributed by atoms with Crippen molar-refractivity contribution in [2.75, 3.05) is 0 Å². The Kier molecular flexibility index (Phi) is 5.08. The summed E-state index contributed by atoms with van der Waals surface area (Å²) in [5.41, 5.74) is 2.51. The lowest BCUT2D eigenvalue weighted by Gasteiger charge is -2.08. The van der Waals surface area contributed by atoms with Gasteiger partial charge in [0.25, 0.3) is 0 Å². The molecular formula is C25H18O4. The summed E-state index contributed by atoms with van der Waals surface area (Å²) in [6.07, 6.45) is 3.04. The number of rotatable bonds is 4. The third-order valence-corrected chi connectivity index (χ3v) is 4.53. The Morgan fingerprint density at radius 3 is 2.34 bits per heavy atom. The van der Waals surface area contributed by atoms with Crippen LogP contribution in [0.2, 0.25) is 0 Å². The highest BCUT2D eigenvalue weighted by Crippen LogP contribution is 2.26. The second-order valence-corrected chi connectivity index (χ2v) is 6.55. The number of aryl methyl sites for hydroxylation is 1. The van der Waals surface area contributed by atoms with Gasteiger partial charge < -0.3 is 9.15 Å². The molecule has 0 aliphatic heterocycles. The Labute approximate surface area is 167 Å². The van der Waals surface area contributed by atoms with E-state index >= 15 is 0 Å². The Hall–Kier alpha value is -3.92. The molecule has 0 bridgehead atoms. The predicted octanol–water partition coefficient (Wildman–Crippen LogP) is 5.39. The standard InChI is InChI=1S/C25H18O4/c1-17-24(19-10-6-3-7-11-19)25(27)21-14-13-20(16-22(21)28-17)29-23(26)15-12-18-8-4-2-5-9-18/h2-16H,1H3/b15-12+. The van der Waals surface area contributed by atoms with E-state index in [0.29, 0.717) is 28.0 Å². The van der Waals surface area contributed by atoms with E-state index in [-0.39, 0.29) is 5.43 Å². The van der Waals surface area contributed by atoms with Crippen LogP contribution in [0.5, 0.6) is 5.75 Å². The van der Waals surface area contributed by atoms with Gasteiger partial charge in [0.1, 0.15) is 17.1 Å². The van der Waals surface area contributed by atoms with Crippen LogP contribution in [0.4, 0.5) is 0 Å². The minimum absolute atomic E-state index is 0.114. The molecule has 3 aromatic carbocycles. The SMILES string of the molecule is Cc1oc2cc(OC(=O)/C=C/c3ccccc3)ccc2c(=O)c1-c1ccccc1. The van der Waals surface area contributed by atoms with Crippen LogP contribution < -0.4 is 10.2 Å². The second kappa shape index (κ2) is 7.98. The first-order valence-corrected chi connectivity index (χ1v) is 9.19. The fraction of sp³-hybridized carbons (Fsp3) is 0.0400. The largest absolute Gasteiger partial charge is 0.460 e. The lowest BCUT2D eigenvalue weighted by Crippen LogP contribution is -2.08. The van der Waals surface area contributed by atoms with Gasteiger partial charge in [-0.05, 0) is 36.3 Å². The zero-order chi connectivity index (χ0) is 20.2. The molecule has 0 saturated carbocycles. The van der Waals surface area contributed by atoms with E-state index in [0.717, 1.165) is 11.1 Å². The van der Waals surface area contributed by atoms with E-state index in [1.54, 1.807) is 31.2 Å². The Morgan fingerprint density at radius 2 is 1.62 bits per heavy atom. The van der Waals surface area contributed by atoms with Crippen LogP contribution in [-0.2, 0) is 4.79 Å². The number of esters is 1. The first kappa shape index (κ1) is 18.4. The topological polar surface area (TPSA) is 56.5 Å². The van der Waals surface area contributed by atoms with Crippen molar-refractivity contribution >= 4 is 23.0 Å². The van der Waals surface area contributed by atoms with Crippen LogP contribution >= 0.6 is 0 Å². The number of carbonyl (C=O) groups is 1. The van der Waals surface area contributed by atoms with Gasteiger partial charge >= 0.3 is 5.97 Å². The average molecular weight is 382 g/mol. The van der Waals surface area contributed by atoms with E-state index in [9.17, 15) is 9.59 Å². The molecule has 0 unspecified atom stereocenters. The first-order chi connectivity index (χ1) is 14.1. The molecule has 0 amide bonds. The number of fused-ring (bicyclic) bond motifs is 1. The Balaban J connectivity index is 1.62. The molecule has 0 N–H and O–H groups in total. The van der Waals surface area contributed by atoms with Gasteiger partial charge in [-0.2, -0.15) is 0 Å². The minimum atomic E-state index is -0.506. The monoisotopic (exact) mass is 382 g/mol. The number of hydrogen-bond donors (Lipinski definition) is 0. The summed E-state index contributed by atoms with van der Waals surface area (Å²) in [5, 5.41) is 0.439. The summed E-state index contributed by atoms with van der Waals surface area (Å²) >= 11 is 0. The zero-order valence-corrected chi connectivity index (χ0v) is 15.8. The van der Waals surface area contributed by atoms with E-state index in [2.05, 4.69) is 0 Å². The van der Waals surface area contributed by atoms with E-state index in [1.807, 2.05) is 60.7 Å². The van der Waals surface area contributed by atoms with Crippen molar-refractivity contribution in [1.29, 1.82) is 0 Å². The molecule has 4 aromatic rings. The van der Waals surface area contributed by atoms with Gasteiger partial charge in [0.15, 0.2) is 0 Å². The third kappa shape index (κ3) is 4.01.